The molecule has 2 bridgehead atoms. The van der Waals surface area contributed by atoms with Crippen LogP contribution in [0, 0.1) is 11.8 Å². The first-order valence-electron chi connectivity index (χ1n) is 12.3. The average Bonchev–Trinajstić information content (AvgIpc) is 3.40. The molecular formula is C25H37BrN2O6. The number of ether oxygens (including phenoxy) is 2. The number of hydrogen-bond donors (Lipinski definition) is 1. The molecule has 0 aromatic carbocycles. The van der Waals surface area contributed by atoms with Crippen molar-refractivity contribution in [1.82, 2.24) is 9.80 Å². The van der Waals surface area contributed by atoms with Gasteiger partial charge in [-0.15, -0.1) is 13.2 Å². The number of rotatable bonds is 14. The van der Waals surface area contributed by atoms with Gasteiger partial charge in [0, 0.05) is 31.1 Å². The third-order valence-corrected chi connectivity index (χ3v) is 7.96. The van der Waals surface area contributed by atoms with Crippen molar-refractivity contribution < 1.29 is 29.0 Å². The highest BCUT2D eigenvalue weighted by Crippen LogP contribution is 2.60. The van der Waals surface area contributed by atoms with Crippen molar-refractivity contribution in [2.45, 2.75) is 68.0 Å². The van der Waals surface area contributed by atoms with E-state index >= 15 is 0 Å². The van der Waals surface area contributed by atoms with Gasteiger partial charge in [0.1, 0.15) is 11.6 Å². The number of alkyl halides is 1. The Bertz CT molecular complexity index is 791. The van der Waals surface area contributed by atoms with Crippen molar-refractivity contribution in [2.75, 3.05) is 32.8 Å². The SMILES string of the molecule is C=CCCOC(=O)[C@H]1[C@@H]2OC3(CC2Br)C(C(=O)N(CC=C)CCCCC)N(CCCO)C(=O)[C@H]13. The van der Waals surface area contributed by atoms with E-state index < -0.39 is 35.6 Å². The summed E-state index contributed by atoms with van der Waals surface area (Å²) in [4.78, 5) is 43.9. The molecule has 0 aliphatic carbocycles. The number of esters is 1. The Morgan fingerprint density at radius 3 is 2.74 bits per heavy atom. The van der Waals surface area contributed by atoms with Gasteiger partial charge in [-0.05, 0) is 25.7 Å². The third kappa shape index (κ3) is 4.84. The van der Waals surface area contributed by atoms with Gasteiger partial charge in [0.15, 0.2) is 0 Å². The van der Waals surface area contributed by atoms with Crippen LogP contribution in [0.3, 0.4) is 0 Å². The summed E-state index contributed by atoms with van der Waals surface area (Å²) >= 11 is 3.65. The molecule has 9 heteroatoms. The molecule has 190 valence electrons. The minimum Gasteiger partial charge on any atom is -0.465 e. The first kappa shape index (κ1) is 26.9. The zero-order chi connectivity index (χ0) is 24.9. The Morgan fingerprint density at radius 1 is 1.32 bits per heavy atom. The molecule has 2 amide bonds. The van der Waals surface area contributed by atoms with Crippen molar-refractivity contribution in [3.8, 4) is 0 Å². The van der Waals surface area contributed by atoms with Gasteiger partial charge in [0.05, 0.1) is 24.5 Å². The number of carbonyl (C=O) groups is 3. The maximum Gasteiger partial charge on any atom is 0.312 e. The number of halogens is 1. The summed E-state index contributed by atoms with van der Waals surface area (Å²) in [7, 11) is 0. The van der Waals surface area contributed by atoms with Gasteiger partial charge in [-0.25, -0.2) is 0 Å². The minimum absolute atomic E-state index is 0.104. The molecule has 3 aliphatic rings. The van der Waals surface area contributed by atoms with E-state index in [0.717, 1.165) is 19.3 Å². The number of unbranched alkanes of at least 4 members (excludes halogenated alkanes) is 2. The van der Waals surface area contributed by atoms with Gasteiger partial charge in [0.25, 0.3) is 0 Å². The second kappa shape index (κ2) is 11.8. The standard InChI is InChI=1S/C25H37BrN2O6/c1-4-7-9-12-27(11-6-3)23(31)21-25-16-17(26)20(34-25)18(24(32)33-15-8-5-2)19(25)22(30)28(21)13-10-14-29/h5-6,17-21,29H,2-4,7-16H2,1H3/t17?,18-,19+,20-,21?,25?/m1/s1. The van der Waals surface area contributed by atoms with Crippen LogP contribution in [0.4, 0.5) is 0 Å². The van der Waals surface area contributed by atoms with Gasteiger partial charge in [-0.2, -0.15) is 0 Å². The number of amides is 2. The number of carbonyl (C=O) groups excluding carboxylic acids is 3. The van der Waals surface area contributed by atoms with E-state index in [0.29, 0.717) is 32.4 Å². The highest BCUT2D eigenvalue weighted by Gasteiger charge is 2.77. The van der Waals surface area contributed by atoms with E-state index in [4.69, 9.17) is 9.47 Å². The van der Waals surface area contributed by atoms with Crippen LogP contribution < -0.4 is 0 Å². The molecule has 0 saturated carbocycles. The molecule has 0 radical (unpaired) electrons. The highest BCUT2D eigenvalue weighted by atomic mass is 79.9. The summed E-state index contributed by atoms with van der Waals surface area (Å²) in [6.07, 6.45) is 7.00. The predicted molar refractivity (Wildman–Crippen MR) is 131 cm³/mol. The van der Waals surface area contributed by atoms with E-state index in [9.17, 15) is 19.5 Å². The Balaban J connectivity index is 1.95. The van der Waals surface area contributed by atoms with E-state index in [1.807, 2.05) is 0 Å². The topological polar surface area (TPSA) is 96.4 Å². The number of aliphatic hydroxyl groups excluding tert-OH is 1. The molecule has 8 nitrogen and oxygen atoms in total. The number of fused-ring (bicyclic) bond motifs is 1. The fourth-order valence-electron chi connectivity index (χ4n) is 5.67. The highest BCUT2D eigenvalue weighted by molar-refractivity contribution is 9.09. The summed E-state index contributed by atoms with van der Waals surface area (Å²) in [6, 6.07) is -0.853. The van der Waals surface area contributed by atoms with E-state index in [1.165, 1.54) is 4.90 Å². The first-order valence-corrected chi connectivity index (χ1v) is 13.2. The molecule has 1 N–H and O–H groups in total. The van der Waals surface area contributed by atoms with Gasteiger partial charge in [-0.3, -0.25) is 14.4 Å². The number of likely N-dealkylation sites (tertiary alicyclic amines) is 1. The molecule has 1 spiro atoms. The van der Waals surface area contributed by atoms with Gasteiger partial charge in [0.2, 0.25) is 11.8 Å². The smallest absolute Gasteiger partial charge is 0.312 e. The molecule has 0 aromatic heterocycles. The third-order valence-electron chi connectivity index (χ3n) is 7.11. The quantitative estimate of drug-likeness (QED) is 0.157. The molecule has 0 aromatic rings. The lowest BCUT2D eigenvalue weighted by Crippen LogP contribution is -2.57. The average molecular weight is 541 g/mol. The van der Waals surface area contributed by atoms with E-state index in [1.54, 1.807) is 17.1 Å². The maximum absolute atomic E-state index is 14.0. The van der Waals surface area contributed by atoms with Crippen LogP contribution in [0.2, 0.25) is 0 Å². The molecule has 3 aliphatic heterocycles. The lowest BCUT2D eigenvalue weighted by molar-refractivity contribution is -0.155. The summed E-state index contributed by atoms with van der Waals surface area (Å²) in [5.74, 6) is -2.50. The maximum atomic E-state index is 14.0. The molecule has 3 unspecified atom stereocenters. The van der Waals surface area contributed by atoms with Crippen LogP contribution in [-0.4, -0.2) is 88.1 Å². The van der Waals surface area contributed by atoms with Crippen molar-refractivity contribution in [3.05, 3.63) is 25.3 Å². The van der Waals surface area contributed by atoms with Crippen molar-refractivity contribution in [3.63, 3.8) is 0 Å². The fourth-order valence-corrected chi connectivity index (χ4v) is 6.61. The number of nitrogens with zero attached hydrogens (tertiary/aromatic N) is 2. The first-order chi connectivity index (χ1) is 16.4. The molecule has 3 saturated heterocycles. The van der Waals surface area contributed by atoms with Gasteiger partial charge < -0.3 is 24.4 Å². The molecule has 6 atom stereocenters. The Kier molecular flexibility index (Phi) is 9.34. The predicted octanol–water partition coefficient (Wildman–Crippen LogP) is 2.44. The van der Waals surface area contributed by atoms with Crippen LogP contribution in [0.5, 0.6) is 0 Å². The van der Waals surface area contributed by atoms with Crippen molar-refractivity contribution >= 4 is 33.7 Å². The summed E-state index contributed by atoms with van der Waals surface area (Å²) in [6.45, 7) is 10.8. The molecule has 34 heavy (non-hydrogen) atoms. The van der Waals surface area contributed by atoms with Gasteiger partial charge in [-0.1, -0.05) is 47.8 Å². The zero-order valence-electron chi connectivity index (χ0n) is 20.0. The fraction of sp³-hybridized carbons (Fsp3) is 0.720. The van der Waals surface area contributed by atoms with Crippen LogP contribution in [0.15, 0.2) is 25.3 Å². The van der Waals surface area contributed by atoms with E-state index in [-0.39, 0.29) is 36.4 Å². The monoisotopic (exact) mass is 540 g/mol. The lowest BCUT2D eigenvalue weighted by atomic mass is 9.70. The second-order valence-electron chi connectivity index (χ2n) is 9.30. The summed E-state index contributed by atoms with van der Waals surface area (Å²) in [5, 5.41) is 9.44. The summed E-state index contributed by atoms with van der Waals surface area (Å²) in [5.41, 5.74) is -1.10. The normalized spacial score (nSPS) is 31.4. The van der Waals surface area contributed by atoms with Crippen LogP contribution in [0.1, 0.15) is 45.4 Å². The largest absolute Gasteiger partial charge is 0.465 e. The Morgan fingerprint density at radius 2 is 2.09 bits per heavy atom. The van der Waals surface area contributed by atoms with Crippen molar-refractivity contribution in [1.29, 1.82) is 0 Å². The van der Waals surface area contributed by atoms with Crippen LogP contribution in [-0.2, 0) is 23.9 Å². The zero-order valence-corrected chi connectivity index (χ0v) is 21.6. The van der Waals surface area contributed by atoms with Crippen LogP contribution in [0.25, 0.3) is 0 Å². The van der Waals surface area contributed by atoms with Crippen molar-refractivity contribution in [2.24, 2.45) is 11.8 Å². The van der Waals surface area contributed by atoms with E-state index in [2.05, 4.69) is 36.0 Å². The lowest BCUT2D eigenvalue weighted by Gasteiger charge is -2.37. The number of aliphatic hydroxyl groups is 1. The Hall–Kier alpha value is -1.71. The minimum atomic E-state index is -1.10. The van der Waals surface area contributed by atoms with Gasteiger partial charge >= 0.3 is 5.97 Å². The molecule has 3 rings (SSSR count). The van der Waals surface area contributed by atoms with Crippen LogP contribution >= 0.6 is 15.9 Å². The molecule has 3 heterocycles. The Labute approximate surface area is 210 Å². The number of hydrogen-bond acceptors (Lipinski definition) is 6. The molecule has 3 fully saturated rings. The summed E-state index contributed by atoms with van der Waals surface area (Å²) < 4.78 is 11.9. The second-order valence-corrected chi connectivity index (χ2v) is 10.5. The molecular weight excluding hydrogens is 504 g/mol.